The number of ether oxygens (including phenoxy) is 1. The topological polar surface area (TPSA) is 52.3 Å². The highest BCUT2D eigenvalue weighted by Crippen LogP contribution is 2.22. The number of carbonyl (C=O) groups excluding carboxylic acids is 1. The van der Waals surface area contributed by atoms with Crippen molar-refractivity contribution >= 4 is 21.8 Å². The molecule has 1 aromatic carbocycles. The van der Waals surface area contributed by atoms with Gasteiger partial charge in [0.25, 0.3) is 0 Å². The lowest BCUT2D eigenvalue weighted by atomic mass is 10.1. The molecular formula is C9H10BrNO2. The third-order valence-corrected chi connectivity index (χ3v) is 2.36. The van der Waals surface area contributed by atoms with Crippen molar-refractivity contribution < 1.29 is 9.53 Å². The number of carbonyl (C=O) groups is 1. The predicted molar refractivity (Wildman–Crippen MR) is 53.6 cm³/mol. The molecule has 2 N–H and O–H groups in total. The van der Waals surface area contributed by atoms with E-state index in [1.165, 1.54) is 0 Å². The second-order valence-electron chi connectivity index (χ2n) is 2.60. The minimum atomic E-state index is -0.342. The first kappa shape index (κ1) is 10.1. The van der Waals surface area contributed by atoms with Crippen LogP contribution in [-0.4, -0.2) is 13.0 Å². The molecule has 0 saturated heterocycles. The number of nitrogens with two attached hydrogens (primary N) is 1. The maximum Gasteiger partial charge on any atom is 0.221 e. The van der Waals surface area contributed by atoms with Gasteiger partial charge in [0.05, 0.1) is 13.5 Å². The summed E-state index contributed by atoms with van der Waals surface area (Å²) in [5.41, 5.74) is 5.94. The lowest BCUT2D eigenvalue weighted by Gasteiger charge is -2.04. The number of hydrogen-bond donors (Lipinski definition) is 1. The molecule has 0 aliphatic heterocycles. The number of amides is 1. The first-order valence-corrected chi connectivity index (χ1v) is 4.53. The highest BCUT2D eigenvalue weighted by molar-refractivity contribution is 9.10. The van der Waals surface area contributed by atoms with Gasteiger partial charge in [-0.15, -0.1) is 0 Å². The van der Waals surface area contributed by atoms with E-state index in [1.54, 1.807) is 19.2 Å². The van der Waals surface area contributed by atoms with Crippen LogP contribution in [0, 0.1) is 0 Å². The summed E-state index contributed by atoms with van der Waals surface area (Å²) in [7, 11) is 1.59. The van der Waals surface area contributed by atoms with Crippen LogP contribution in [0.5, 0.6) is 5.75 Å². The number of primary amides is 1. The molecule has 0 aliphatic rings. The molecule has 4 heteroatoms. The third-order valence-electron chi connectivity index (χ3n) is 1.62. The van der Waals surface area contributed by atoms with Gasteiger partial charge in [-0.2, -0.15) is 0 Å². The average Bonchev–Trinajstić information content (AvgIpc) is 2.08. The Bertz CT molecular complexity index is 325. The lowest BCUT2D eigenvalue weighted by molar-refractivity contribution is -0.117. The van der Waals surface area contributed by atoms with Crippen molar-refractivity contribution in [3.8, 4) is 5.75 Å². The molecular weight excluding hydrogens is 234 g/mol. The van der Waals surface area contributed by atoms with Gasteiger partial charge in [-0.1, -0.05) is 22.0 Å². The Hall–Kier alpha value is -1.03. The summed E-state index contributed by atoms with van der Waals surface area (Å²) < 4.78 is 5.85. The molecule has 0 saturated carbocycles. The van der Waals surface area contributed by atoms with Crippen LogP contribution < -0.4 is 10.5 Å². The van der Waals surface area contributed by atoms with Gasteiger partial charge in [0.1, 0.15) is 5.75 Å². The second-order valence-corrected chi connectivity index (χ2v) is 3.45. The highest BCUT2D eigenvalue weighted by Gasteiger charge is 2.04. The molecule has 0 aliphatic carbocycles. The summed E-state index contributed by atoms with van der Waals surface area (Å²) in [5, 5.41) is 0. The van der Waals surface area contributed by atoms with Crippen molar-refractivity contribution in [3.63, 3.8) is 0 Å². The van der Waals surface area contributed by atoms with Crippen LogP contribution in [-0.2, 0) is 11.2 Å². The summed E-state index contributed by atoms with van der Waals surface area (Å²) in [4.78, 5) is 10.6. The molecule has 0 fully saturated rings. The highest BCUT2D eigenvalue weighted by atomic mass is 79.9. The summed E-state index contributed by atoms with van der Waals surface area (Å²) in [6, 6.07) is 5.41. The normalized spacial score (nSPS) is 9.69. The maximum atomic E-state index is 10.6. The Kier molecular flexibility index (Phi) is 3.31. The molecule has 0 aromatic heterocycles. The van der Waals surface area contributed by atoms with E-state index in [9.17, 15) is 4.79 Å². The van der Waals surface area contributed by atoms with E-state index in [-0.39, 0.29) is 12.3 Å². The van der Waals surface area contributed by atoms with Gasteiger partial charge in [-0.25, -0.2) is 0 Å². The first-order valence-electron chi connectivity index (χ1n) is 3.74. The van der Waals surface area contributed by atoms with Crippen LogP contribution in [0.15, 0.2) is 22.7 Å². The molecule has 0 heterocycles. The zero-order valence-corrected chi connectivity index (χ0v) is 8.80. The zero-order chi connectivity index (χ0) is 9.84. The van der Waals surface area contributed by atoms with Crippen molar-refractivity contribution in [3.05, 3.63) is 28.2 Å². The Morgan fingerprint density at radius 2 is 2.31 bits per heavy atom. The van der Waals surface area contributed by atoms with E-state index in [4.69, 9.17) is 10.5 Å². The summed E-state index contributed by atoms with van der Waals surface area (Å²) >= 11 is 3.33. The molecule has 13 heavy (non-hydrogen) atoms. The monoisotopic (exact) mass is 243 g/mol. The molecule has 1 amide bonds. The summed E-state index contributed by atoms with van der Waals surface area (Å²) in [5.74, 6) is 0.408. The van der Waals surface area contributed by atoms with Crippen LogP contribution in [0.2, 0.25) is 0 Å². The quantitative estimate of drug-likeness (QED) is 0.875. The van der Waals surface area contributed by atoms with Crippen LogP contribution in [0.3, 0.4) is 0 Å². The first-order chi connectivity index (χ1) is 6.13. The Morgan fingerprint density at radius 1 is 1.62 bits per heavy atom. The van der Waals surface area contributed by atoms with E-state index in [2.05, 4.69) is 15.9 Å². The molecule has 1 aromatic rings. The third kappa shape index (κ3) is 2.73. The van der Waals surface area contributed by atoms with Gasteiger partial charge in [-0.05, 0) is 17.7 Å². The number of halogens is 1. The van der Waals surface area contributed by atoms with Crippen molar-refractivity contribution in [2.75, 3.05) is 7.11 Å². The van der Waals surface area contributed by atoms with Crippen molar-refractivity contribution in [2.45, 2.75) is 6.42 Å². The maximum absolute atomic E-state index is 10.6. The average molecular weight is 244 g/mol. The fourth-order valence-corrected chi connectivity index (χ4v) is 1.48. The van der Waals surface area contributed by atoms with Crippen LogP contribution in [0.25, 0.3) is 0 Å². The standard InChI is InChI=1S/C9H10BrNO2/c1-13-7-3-2-6(4-9(11)12)8(10)5-7/h2-3,5H,4H2,1H3,(H2,11,12). The van der Waals surface area contributed by atoms with E-state index < -0.39 is 0 Å². The van der Waals surface area contributed by atoms with Crippen molar-refractivity contribution in [1.29, 1.82) is 0 Å². The number of benzene rings is 1. The Morgan fingerprint density at radius 3 is 2.77 bits per heavy atom. The molecule has 0 bridgehead atoms. The molecule has 0 unspecified atom stereocenters. The van der Waals surface area contributed by atoms with Crippen molar-refractivity contribution in [2.24, 2.45) is 5.73 Å². The fraction of sp³-hybridized carbons (Fsp3) is 0.222. The number of rotatable bonds is 3. The smallest absolute Gasteiger partial charge is 0.221 e. The minimum Gasteiger partial charge on any atom is -0.497 e. The van der Waals surface area contributed by atoms with Crippen LogP contribution >= 0.6 is 15.9 Å². The van der Waals surface area contributed by atoms with E-state index in [1.807, 2.05) is 6.07 Å². The van der Waals surface area contributed by atoms with Gasteiger partial charge in [0.15, 0.2) is 0 Å². The number of methoxy groups -OCH3 is 1. The Balaban J connectivity index is 2.91. The van der Waals surface area contributed by atoms with Crippen LogP contribution in [0.4, 0.5) is 0 Å². The molecule has 0 spiro atoms. The molecule has 70 valence electrons. The SMILES string of the molecule is COc1ccc(CC(N)=O)c(Br)c1. The second kappa shape index (κ2) is 4.28. The number of hydrogen-bond acceptors (Lipinski definition) is 2. The molecule has 0 atom stereocenters. The van der Waals surface area contributed by atoms with E-state index >= 15 is 0 Å². The lowest BCUT2D eigenvalue weighted by Crippen LogP contribution is -2.13. The van der Waals surface area contributed by atoms with Gasteiger partial charge in [-0.3, -0.25) is 4.79 Å². The van der Waals surface area contributed by atoms with Gasteiger partial charge in [0, 0.05) is 4.47 Å². The summed E-state index contributed by atoms with van der Waals surface area (Å²) in [6.07, 6.45) is 0.241. The molecule has 1 rings (SSSR count). The van der Waals surface area contributed by atoms with E-state index in [0.717, 1.165) is 15.8 Å². The summed E-state index contributed by atoms with van der Waals surface area (Å²) in [6.45, 7) is 0. The van der Waals surface area contributed by atoms with Gasteiger partial charge in [0.2, 0.25) is 5.91 Å². The van der Waals surface area contributed by atoms with Gasteiger partial charge >= 0.3 is 0 Å². The minimum absolute atomic E-state index is 0.241. The van der Waals surface area contributed by atoms with Crippen molar-refractivity contribution in [1.82, 2.24) is 0 Å². The zero-order valence-electron chi connectivity index (χ0n) is 7.21. The fourth-order valence-electron chi connectivity index (χ4n) is 0.986. The van der Waals surface area contributed by atoms with Crippen LogP contribution in [0.1, 0.15) is 5.56 Å². The van der Waals surface area contributed by atoms with E-state index in [0.29, 0.717) is 0 Å². The van der Waals surface area contributed by atoms with Gasteiger partial charge < -0.3 is 10.5 Å². The largest absolute Gasteiger partial charge is 0.497 e. The molecule has 0 radical (unpaired) electrons. The molecule has 3 nitrogen and oxygen atoms in total. The Labute approximate surface area is 85.0 Å². The predicted octanol–water partition coefficient (Wildman–Crippen LogP) is 1.49.